The van der Waals surface area contributed by atoms with Crippen molar-refractivity contribution >= 4 is 72.0 Å². The van der Waals surface area contributed by atoms with E-state index in [0.717, 1.165) is 17.8 Å². The molecular weight excluding hydrogens is 528 g/mol. The van der Waals surface area contributed by atoms with E-state index in [2.05, 4.69) is 30.6 Å². The van der Waals surface area contributed by atoms with Crippen LogP contribution in [0.3, 0.4) is 0 Å². The van der Waals surface area contributed by atoms with E-state index in [-0.39, 0.29) is 20.9 Å². The molecule has 0 spiro atoms. The molecule has 0 aliphatic heterocycles. The van der Waals surface area contributed by atoms with Gasteiger partial charge in [-0.1, -0.05) is 35.9 Å². The molecule has 31 heavy (non-hydrogen) atoms. The van der Waals surface area contributed by atoms with E-state index in [1.807, 2.05) is 0 Å². The number of nitrogens with one attached hydrogen (secondary N) is 2. The predicted molar refractivity (Wildman–Crippen MR) is 125 cm³/mol. The number of carboxylic acids is 1. The maximum Gasteiger partial charge on any atom is 0.355 e. The summed E-state index contributed by atoms with van der Waals surface area (Å²) in [7, 11) is -3.40. The molecule has 160 valence electrons. The van der Waals surface area contributed by atoms with E-state index >= 15 is 0 Å². The van der Waals surface area contributed by atoms with Crippen LogP contribution in [0.5, 0.6) is 0 Å². The van der Waals surface area contributed by atoms with Crippen LogP contribution in [0.1, 0.15) is 5.82 Å². The summed E-state index contributed by atoms with van der Waals surface area (Å²) in [5, 5.41) is 20.8. The summed E-state index contributed by atoms with van der Waals surface area (Å²) >= 11 is 10.3. The van der Waals surface area contributed by atoms with Crippen LogP contribution in [0, 0.1) is 5.41 Å². The van der Waals surface area contributed by atoms with Crippen LogP contribution in [0.25, 0.3) is 16.3 Å². The van der Waals surface area contributed by atoms with Gasteiger partial charge >= 0.3 is 5.97 Å². The molecule has 3 N–H and O–H groups in total. The number of halogens is 2. The molecule has 0 bridgehead atoms. The standard InChI is InChI=1S/C19H14BrClN4O4S2/c1-31(28,29)11-6-4-5-10(9-11)18-24-17(25-30-18)16(14(20)15(22)19(26)27)23-13-8-3-2-7-12(13)21/h2-9,22-23H,1H3,(H,26,27)/b16-14+,22-15?. The number of carbonyl (C=O) groups is 1. The van der Waals surface area contributed by atoms with Crippen LogP contribution in [-0.2, 0) is 14.6 Å². The Kier molecular flexibility index (Phi) is 6.90. The highest BCUT2D eigenvalue weighted by Crippen LogP contribution is 2.31. The fourth-order valence-electron chi connectivity index (χ4n) is 2.43. The molecule has 0 atom stereocenters. The number of aromatic nitrogens is 2. The summed E-state index contributed by atoms with van der Waals surface area (Å²) < 4.78 is 27.9. The molecule has 3 rings (SSSR count). The molecule has 0 unspecified atom stereocenters. The lowest BCUT2D eigenvalue weighted by molar-refractivity contribution is -0.129. The van der Waals surface area contributed by atoms with Gasteiger partial charge in [-0.15, -0.1) is 0 Å². The van der Waals surface area contributed by atoms with Gasteiger partial charge in [-0.05, 0) is 51.7 Å². The van der Waals surface area contributed by atoms with Gasteiger partial charge in [0.15, 0.2) is 21.4 Å². The van der Waals surface area contributed by atoms with E-state index < -0.39 is 21.5 Å². The zero-order chi connectivity index (χ0) is 22.8. The maximum absolute atomic E-state index is 11.8. The van der Waals surface area contributed by atoms with Crippen molar-refractivity contribution in [3.63, 3.8) is 0 Å². The van der Waals surface area contributed by atoms with Crippen LogP contribution >= 0.6 is 39.1 Å². The zero-order valence-electron chi connectivity index (χ0n) is 15.8. The van der Waals surface area contributed by atoms with Crippen molar-refractivity contribution in [3.8, 4) is 10.6 Å². The Labute approximate surface area is 195 Å². The summed E-state index contributed by atoms with van der Waals surface area (Å²) in [5.41, 5.74) is 0.421. The van der Waals surface area contributed by atoms with Gasteiger partial charge in [0.05, 0.1) is 20.1 Å². The quantitative estimate of drug-likeness (QED) is 0.374. The smallest absolute Gasteiger partial charge is 0.355 e. The van der Waals surface area contributed by atoms with E-state index in [9.17, 15) is 18.3 Å². The lowest BCUT2D eigenvalue weighted by Crippen LogP contribution is -2.15. The van der Waals surface area contributed by atoms with Gasteiger partial charge < -0.3 is 10.4 Å². The van der Waals surface area contributed by atoms with Crippen molar-refractivity contribution in [1.29, 1.82) is 5.41 Å². The van der Waals surface area contributed by atoms with Crippen LogP contribution in [0.2, 0.25) is 5.02 Å². The third-order valence-electron chi connectivity index (χ3n) is 3.95. The summed E-state index contributed by atoms with van der Waals surface area (Å²) in [4.78, 5) is 15.9. The topological polar surface area (TPSA) is 133 Å². The Hall–Kier alpha value is -2.60. The third-order valence-corrected chi connectivity index (χ3v) is 6.94. The third kappa shape index (κ3) is 5.37. The normalized spacial score (nSPS) is 12.2. The highest BCUT2D eigenvalue weighted by Gasteiger charge is 2.22. The molecule has 0 aliphatic carbocycles. The lowest BCUT2D eigenvalue weighted by atomic mass is 10.2. The summed E-state index contributed by atoms with van der Waals surface area (Å²) in [5.74, 6) is -1.33. The number of benzene rings is 2. The van der Waals surface area contributed by atoms with E-state index in [1.54, 1.807) is 36.4 Å². The number of nitrogens with zero attached hydrogens (tertiary/aromatic N) is 2. The molecule has 0 fully saturated rings. The Morgan fingerprint density at radius 3 is 2.58 bits per heavy atom. The van der Waals surface area contributed by atoms with Gasteiger partial charge in [-0.25, -0.2) is 18.2 Å². The number of carboxylic acid groups (broad SMARTS) is 1. The zero-order valence-corrected chi connectivity index (χ0v) is 19.7. The second-order valence-corrected chi connectivity index (χ2v) is 10.2. The van der Waals surface area contributed by atoms with E-state index in [4.69, 9.17) is 17.0 Å². The first-order valence-corrected chi connectivity index (χ1v) is 12.3. The molecule has 1 heterocycles. The highest BCUT2D eigenvalue weighted by molar-refractivity contribution is 9.12. The number of para-hydroxylation sites is 1. The number of hydrogen-bond acceptors (Lipinski definition) is 8. The lowest BCUT2D eigenvalue weighted by Gasteiger charge is -2.12. The van der Waals surface area contributed by atoms with Crippen molar-refractivity contribution in [2.24, 2.45) is 0 Å². The molecule has 3 aromatic rings. The molecule has 8 nitrogen and oxygen atoms in total. The molecule has 0 radical (unpaired) electrons. The summed E-state index contributed by atoms with van der Waals surface area (Å²) in [6.07, 6.45) is 1.11. The van der Waals surface area contributed by atoms with Gasteiger partial charge in [0.1, 0.15) is 10.7 Å². The van der Waals surface area contributed by atoms with Gasteiger partial charge in [0, 0.05) is 11.8 Å². The Bertz CT molecular complexity index is 1320. The first-order chi connectivity index (χ1) is 14.6. The van der Waals surface area contributed by atoms with E-state index in [0.29, 0.717) is 21.3 Å². The number of aliphatic carboxylic acids is 1. The summed E-state index contributed by atoms with van der Waals surface area (Å²) in [6.45, 7) is 0. The van der Waals surface area contributed by atoms with Crippen LogP contribution < -0.4 is 5.32 Å². The molecule has 1 aromatic heterocycles. The molecule has 0 aliphatic rings. The molecule has 12 heteroatoms. The number of rotatable bonds is 7. The van der Waals surface area contributed by atoms with Crippen molar-refractivity contribution in [2.75, 3.05) is 11.6 Å². The number of hydrogen-bond donors (Lipinski definition) is 3. The molecule has 0 saturated carbocycles. The van der Waals surface area contributed by atoms with Crippen molar-refractivity contribution in [3.05, 3.63) is 63.9 Å². The number of sulfone groups is 1. The van der Waals surface area contributed by atoms with Crippen molar-refractivity contribution < 1.29 is 18.3 Å². The average molecular weight is 542 g/mol. The number of anilines is 1. The SMILES string of the molecule is CS(=O)(=O)c1cccc(-c2nc(/C(Nc3ccccc3Cl)=C(\Br)C(=N)C(=O)O)ns2)c1. The first kappa shape index (κ1) is 23.1. The fraction of sp³-hybridized carbons (Fsp3) is 0.0526. The fourth-order valence-corrected chi connectivity index (χ4v) is 4.39. The Balaban J connectivity index is 2.09. The van der Waals surface area contributed by atoms with Gasteiger partial charge in [-0.3, -0.25) is 5.41 Å². The summed E-state index contributed by atoms with van der Waals surface area (Å²) in [6, 6.07) is 13.1. The van der Waals surface area contributed by atoms with Crippen molar-refractivity contribution in [2.45, 2.75) is 4.90 Å². The Morgan fingerprint density at radius 1 is 1.23 bits per heavy atom. The minimum absolute atomic E-state index is 0.0749. The minimum atomic E-state index is -3.40. The highest BCUT2D eigenvalue weighted by atomic mass is 79.9. The molecule has 0 saturated heterocycles. The van der Waals surface area contributed by atoms with Crippen LogP contribution in [-0.4, -0.2) is 40.8 Å². The predicted octanol–water partition coefficient (Wildman–Crippen LogP) is 4.54. The van der Waals surface area contributed by atoms with Crippen LogP contribution in [0.4, 0.5) is 5.69 Å². The Morgan fingerprint density at radius 2 is 1.94 bits per heavy atom. The molecule has 2 aromatic carbocycles. The molecular formula is C19H14BrClN4O4S2. The van der Waals surface area contributed by atoms with Gasteiger partial charge in [-0.2, -0.15) is 4.37 Å². The van der Waals surface area contributed by atoms with Gasteiger partial charge in [0.2, 0.25) is 0 Å². The van der Waals surface area contributed by atoms with Crippen molar-refractivity contribution in [1.82, 2.24) is 9.36 Å². The largest absolute Gasteiger partial charge is 0.476 e. The average Bonchev–Trinajstić information content (AvgIpc) is 3.21. The second kappa shape index (κ2) is 9.27. The van der Waals surface area contributed by atoms with E-state index in [1.165, 1.54) is 12.1 Å². The minimum Gasteiger partial charge on any atom is -0.476 e. The molecule has 0 amide bonds. The monoisotopic (exact) mass is 540 g/mol. The first-order valence-electron chi connectivity index (χ1n) is 8.46. The maximum atomic E-state index is 11.8. The van der Waals surface area contributed by atoms with Crippen LogP contribution in [0.15, 0.2) is 57.9 Å². The second-order valence-electron chi connectivity index (χ2n) is 6.20. The van der Waals surface area contributed by atoms with Gasteiger partial charge in [0.25, 0.3) is 0 Å².